The van der Waals surface area contributed by atoms with Crippen LogP contribution >= 0.6 is 0 Å². The monoisotopic (exact) mass is 366 g/mol. The van der Waals surface area contributed by atoms with Crippen molar-refractivity contribution in [3.63, 3.8) is 0 Å². The Morgan fingerprint density at radius 3 is 2.59 bits per heavy atom. The zero-order valence-electron chi connectivity index (χ0n) is 15.9. The Hall–Kier alpha value is -2.95. The number of allylic oxidation sites excluding steroid dienone is 1. The Morgan fingerprint density at radius 1 is 1.07 bits per heavy atom. The third-order valence-electron chi connectivity index (χ3n) is 4.63. The van der Waals surface area contributed by atoms with Gasteiger partial charge in [-0.1, -0.05) is 12.1 Å². The Morgan fingerprint density at radius 2 is 1.89 bits per heavy atom. The molecule has 0 amide bonds. The summed E-state index contributed by atoms with van der Waals surface area (Å²) in [6.45, 7) is 0. The van der Waals surface area contributed by atoms with Crippen LogP contribution in [0.3, 0.4) is 0 Å². The predicted octanol–water partition coefficient (Wildman–Crippen LogP) is 5.02. The SMILES string of the molecule is COc1ccc(N=C/C=C/c2cccc(OC)c2OC2CCCC2)c(N)c1. The summed E-state index contributed by atoms with van der Waals surface area (Å²) >= 11 is 0. The van der Waals surface area contributed by atoms with E-state index in [4.69, 9.17) is 19.9 Å². The Balaban J connectivity index is 1.76. The summed E-state index contributed by atoms with van der Waals surface area (Å²) in [4.78, 5) is 4.41. The van der Waals surface area contributed by atoms with Gasteiger partial charge < -0.3 is 19.9 Å². The topological polar surface area (TPSA) is 66.1 Å². The Kier molecular flexibility index (Phi) is 6.36. The smallest absolute Gasteiger partial charge is 0.168 e. The minimum Gasteiger partial charge on any atom is -0.497 e. The average molecular weight is 366 g/mol. The number of nitrogen functional groups attached to an aromatic ring is 1. The van der Waals surface area contributed by atoms with E-state index in [0.29, 0.717) is 17.1 Å². The van der Waals surface area contributed by atoms with Crippen LogP contribution in [0.5, 0.6) is 17.2 Å². The molecule has 0 aromatic heterocycles. The quantitative estimate of drug-likeness (QED) is 0.552. The van der Waals surface area contributed by atoms with Gasteiger partial charge in [0.2, 0.25) is 0 Å². The fourth-order valence-electron chi connectivity index (χ4n) is 3.17. The van der Waals surface area contributed by atoms with Crippen molar-refractivity contribution in [1.29, 1.82) is 0 Å². The van der Waals surface area contributed by atoms with E-state index in [1.807, 2.05) is 42.5 Å². The molecule has 3 rings (SSSR count). The van der Waals surface area contributed by atoms with E-state index >= 15 is 0 Å². The van der Waals surface area contributed by atoms with Crippen LogP contribution in [-0.2, 0) is 0 Å². The first-order valence-corrected chi connectivity index (χ1v) is 9.19. The summed E-state index contributed by atoms with van der Waals surface area (Å²) in [6.07, 6.45) is 10.5. The van der Waals surface area contributed by atoms with Gasteiger partial charge in [-0.05, 0) is 56.0 Å². The van der Waals surface area contributed by atoms with Gasteiger partial charge in [-0.25, -0.2) is 0 Å². The highest BCUT2D eigenvalue weighted by Gasteiger charge is 2.19. The second-order valence-corrected chi connectivity index (χ2v) is 6.46. The highest BCUT2D eigenvalue weighted by Crippen LogP contribution is 2.35. The molecular weight excluding hydrogens is 340 g/mol. The van der Waals surface area contributed by atoms with E-state index in [9.17, 15) is 0 Å². The highest BCUT2D eigenvalue weighted by molar-refractivity contribution is 5.83. The normalized spacial score (nSPS) is 14.9. The van der Waals surface area contributed by atoms with Crippen molar-refractivity contribution in [2.45, 2.75) is 31.8 Å². The molecule has 0 atom stereocenters. The lowest BCUT2D eigenvalue weighted by atomic mass is 10.1. The average Bonchev–Trinajstić information content (AvgIpc) is 3.20. The summed E-state index contributed by atoms with van der Waals surface area (Å²) in [5.74, 6) is 2.26. The molecule has 0 bridgehead atoms. The first-order chi connectivity index (χ1) is 13.2. The molecule has 142 valence electrons. The maximum atomic E-state index is 6.23. The molecule has 0 aliphatic heterocycles. The van der Waals surface area contributed by atoms with E-state index in [0.717, 1.165) is 29.9 Å². The van der Waals surface area contributed by atoms with Gasteiger partial charge in [0.05, 0.1) is 31.7 Å². The van der Waals surface area contributed by atoms with Gasteiger partial charge in [-0.3, -0.25) is 4.99 Å². The van der Waals surface area contributed by atoms with Gasteiger partial charge >= 0.3 is 0 Å². The molecule has 0 unspecified atom stereocenters. The number of methoxy groups -OCH3 is 2. The second-order valence-electron chi connectivity index (χ2n) is 6.46. The van der Waals surface area contributed by atoms with E-state index in [2.05, 4.69) is 4.99 Å². The number of ether oxygens (including phenoxy) is 3. The summed E-state index contributed by atoms with van der Waals surface area (Å²) in [5.41, 5.74) is 8.23. The summed E-state index contributed by atoms with van der Waals surface area (Å²) in [6, 6.07) is 11.3. The molecule has 1 aliphatic rings. The fraction of sp³-hybridized carbons (Fsp3) is 0.318. The van der Waals surface area contributed by atoms with Crippen molar-refractivity contribution in [3.8, 4) is 17.2 Å². The molecule has 0 spiro atoms. The van der Waals surface area contributed by atoms with Crippen molar-refractivity contribution in [2.75, 3.05) is 20.0 Å². The summed E-state index contributed by atoms with van der Waals surface area (Å²) < 4.78 is 16.9. The lowest BCUT2D eigenvalue weighted by Gasteiger charge is -2.17. The number of nitrogens with two attached hydrogens (primary N) is 1. The van der Waals surface area contributed by atoms with Crippen LogP contribution < -0.4 is 19.9 Å². The highest BCUT2D eigenvalue weighted by atomic mass is 16.5. The van der Waals surface area contributed by atoms with Crippen LogP contribution in [0, 0.1) is 0 Å². The van der Waals surface area contributed by atoms with Crippen LogP contribution in [0.15, 0.2) is 47.5 Å². The van der Waals surface area contributed by atoms with E-state index in [1.165, 1.54) is 12.8 Å². The minimum absolute atomic E-state index is 0.265. The number of hydrogen-bond acceptors (Lipinski definition) is 5. The number of para-hydroxylation sites is 1. The van der Waals surface area contributed by atoms with Gasteiger partial charge in [0, 0.05) is 17.8 Å². The van der Waals surface area contributed by atoms with Crippen LogP contribution in [0.4, 0.5) is 11.4 Å². The first kappa shape index (κ1) is 18.8. The third kappa shape index (κ3) is 4.82. The molecule has 0 heterocycles. The van der Waals surface area contributed by atoms with Crippen molar-refractivity contribution in [2.24, 2.45) is 4.99 Å². The molecule has 1 aliphatic carbocycles. The van der Waals surface area contributed by atoms with Crippen LogP contribution in [0.2, 0.25) is 0 Å². The van der Waals surface area contributed by atoms with Gasteiger partial charge in [0.1, 0.15) is 5.75 Å². The number of hydrogen-bond donors (Lipinski definition) is 1. The van der Waals surface area contributed by atoms with E-state index < -0.39 is 0 Å². The molecule has 1 saturated carbocycles. The van der Waals surface area contributed by atoms with Gasteiger partial charge in [-0.2, -0.15) is 0 Å². The molecule has 2 N–H and O–H groups in total. The Labute approximate surface area is 160 Å². The standard InChI is InChI=1S/C22H26N2O3/c1-25-18-12-13-20(19(23)15-18)24-14-6-8-16-7-5-11-21(26-2)22(16)27-17-9-3-4-10-17/h5-8,11-15,17H,3-4,9-10,23H2,1-2H3/b8-6+,24-14?. The van der Waals surface area contributed by atoms with Crippen molar-refractivity contribution in [3.05, 3.63) is 48.0 Å². The fourth-order valence-corrected chi connectivity index (χ4v) is 3.17. The lowest BCUT2D eigenvalue weighted by molar-refractivity contribution is 0.200. The second kappa shape index (κ2) is 9.12. The lowest BCUT2D eigenvalue weighted by Crippen LogP contribution is -2.12. The number of aliphatic imine (C=N–C) groups is 1. The maximum absolute atomic E-state index is 6.23. The number of rotatable bonds is 7. The van der Waals surface area contributed by atoms with Gasteiger partial charge in [0.25, 0.3) is 0 Å². The van der Waals surface area contributed by atoms with Gasteiger partial charge in [0.15, 0.2) is 11.5 Å². The minimum atomic E-state index is 0.265. The molecular formula is C22H26N2O3. The zero-order valence-corrected chi connectivity index (χ0v) is 15.9. The largest absolute Gasteiger partial charge is 0.497 e. The van der Waals surface area contributed by atoms with Crippen LogP contribution in [-0.4, -0.2) is 26.5 Å². The van der Waals surface area contributed by atoms with Crippen molar-refractivity contribution < 1.29 is 14.2 Å². The third-order valence-corrected chi connectivity index (χ3v) is 4.63. The van der Waals surface area contributed by atoms with Gasteiger partial charge in [-0.15, -0.1) is 0 Å². The molecule has 27 heavy (non-hydrogen) atoms. The van der Waals surface area contributed by atoms with Crippen LogP contribution in [0.1, 0.15) is 31.2 Å². The molecule has 2 aromatic rings. The van der Waals surface area contributed by atoms with E-state index in [1.54, 1.807) is 26.5 Å². The molecule has 0 saturated heterocycles. The molecule has 1 fully saturated rings. The van der Waals surface area contributed by atoms with E-state index in [-0.39, 0.29) is 6.10 Å². The summed E-state index contributed by atoms with van der Waals surface area (Å²) in [5, 5.41) is 0. The molecule has 0 radical (unpaired) electrons. The number of anilines is 1. The molecule has 2 aromatic carbocycles. The van der Waals surface area contributed by atoms with Crippen molar-refractivity contribution >= 4 is 23.7 Å². The van der Waals surface area contributed by atoms with Crippen LogP contribution in [0.25, 0.3) is 6.08 Å². The predicted molar refractivity (Wildman–Crippen MR) is 110 cm³/mol. The summed E-state index contributed by atoms with van der Waals surface area (Å²) in [7, 11) is 3.28. The molecule has 5 nitrogen and oxygen atoms in total. The van der Waals surface area contributed by atoms with Crippen molar-refractivity contribution in [1.82, 2.24) is 0 Å². The first-order valence-electron chi connectivity index (χ1n) is 9.19. The molecule has 5 heteroatoms. The zero-order chi connectivity index (χ0) is 19.1. The maximum Gasteiger partial charge on any atom is 0.168 e. The Bertz CT molecular complexity index is 824. The number of nitrogens with zero attached hydrogens (tertiary/aromatic N) is 1. The number of benzene rings is 2.